The molecule has 0 aliphatic heterocycles. The number of halogens is 1. The van der Waals surface area contributed by atoms with Crippen molar-refractivity contribution < 1.29 is 24.0 Å². The Hall–Kier alpha value is -3.13. The molecule has 0 radical (unpaired) electrons. The highest BCUT2D eigenvalue weighted by Gasteiger charge is 2.20. The minimum Gasteiger partial charge on any atom is -0.482 e. The minimum absolute atomic E-state index is 0.0503. The van der Waals surface area contributed by atoms with E-state index in [1.54, 1.807) is 30.3 Å². The molecule has 1 amide bonds. The van der Waals surface area contributed by atoms with E-state index in [1.165, 1.54) is 19.1 Å². The zero-order chi connectivity index (χ0) is 19.1. The van der Waals surface area contributed by atoms with Gasteiger partial charge in [0.05, 0.1) is 15.6 Å². The summed E-state index contributed by atoms with van der Waals surface area (Å²) in [7, 11) is 0. The van der Waals surface area contributed by atoms with Crippen LogP contribution in [0.2, 0.25) is 5.02 Å². The fourth-order valence-electron chi connectivity index (χ4n) is 1.90. The molecule has 0 heterocycles. The van der Waals surface area contributed by atoms with E-state index < -0.39 is 22.9 Å². The van der Waals surface area contributed by atoms with Crippen LogP contribution in [0.1, 0.15) is 6.92 Å². The molecule has 0 fully saturated rings. The van der Waals surface area contributed by atoms with Crippen LogP contribution in [0.25, 0.3) is 0 Å². The highest BCUT2D eigenvalue weighted by atomic mass is 35.5. The van der Waals surface area contributed by atoms with E-state index in [0.717, 1.165) is 6.07 Å². The molecule has 0 spiro atoms. The van der Waals surface area contributed by atoms with Crippen molar-refractivity contribution in [1.82, 2.24) is 0 Å². The summed E-state index contributed by atoms with van der Waals surface area (Å²) in [5.41, 5.74) is -0.181. The van der Waals surface area contributed by atoms with Crippen molar-refractivity contribution in [3.63, 3.8) is 0 Å². The summed E-state index contributed by atoms with van der Waals surface area (Å²) in [6.07, 6.45) is -1.14. The summed E-state index contributed by atoms with van der Waals surface area (Å²) in [5.74, 6) is -0.924. The number of nitro groups is 1. The Balaban J connectivity index is 1.90. The summed E-state index contributed by atoms with van der Waals surface area (Å²) in [6.45, 7) is 1.00. The Morgan fingerprint density at radius 1 is 1.23 bits per heavy atom. The Bertz CT molecular complexity index is 812. The number of para-hydroxylation sites is 1. The fraction of sp³-hybridized carbons (Fsp3) is 0.176. The molecule has 1 N–H and O–H groups in total. The van der Waals surface area contributed by atoms with Gasteiger partial charge in [-0.1, -0.05) is 29.8 Å². The van der Waals surface area contributed by atoms with Crippen LogP contribution in [0.4, 0.5) is 11.4 Å². The first-order valence-corrected chi connectivity index (χ1v) is 7.86. The molecule has 2 aromatic rings. The topological polar surface area (TPSA) is 108 Å². The lowest BCUT2D eigenvalue weighted by molar-refractivity contribution is -0.384. The number of benzene rings is 2. The first-order chi connectivity index (χ1) is 12.4. The van der Waals surface area contributed by atoms with Crippen molar-refractivity contribution in [2.24, 2.45) is 0 Å². The van der Waals surface area contributed by atoms with E-state index in [0.29, 0.717) is 5.75 Å². The number of nitro benzene ring substituents is 1. The Morgan fingerprint density at radius 2 is 1.92 bits per heavy atom. The number of nitrogens with one attached hydrogen (secondary N) is 1. The second-order valence-electron chi connectivity index (χ2n) is 5.14. The number of esters is 1. The van der Waals surface area contributed by atoms with Crippen LogP contribution in [0.15, 0.2) is 48.5 Å². The van der Waals surface area contributed by atoms with Gasteiger partial charge >= 0.3 is 5.97 Å². The largest absolute Gasteiger partial charge is 0.482 e. The van der Waals surface area contributed by atoms with Gasteiger partial charge in [0.2, 0.25) is 0 Å². The lowest BCUT2D eigenvalue weighted by atomic mass is 10.2. The molecule has 1 unspecified atom stereocenters. The van der Waals surface area contributed by atoms with Gasteiger partial charge in [-0.2, -0.15) is 0 Å². The van der Waals surface area contributed by atoms with Gasteiger partial charge in [-0.3, -0.25) is 14.9 Å². The quantitative estimate of drug-likeness (QED) is 0.450. The maximum atomic E-state index is 12.1. The molecule has 2 aromatic carbocycles. The molecule has 9 heteroatoms. The summed E-state index contributed by atoms with van der Waals surface area (Å²) in [4.78, 5) is 34.0. The molecule has 0 aromatic heterocycles. The van der Waals surface area contributed by atoms with Gasteiger partial charge in [-0.05, 0) is 25.1 Å². The summed E-state index contributed by atoms with van der Waals surface area (Å²) in [6, 6.07) is 12.3. The molecule has 0 aliphatic carbocycles. The smallest absolute Gasteiger partial charge is 0.344 e. The number of non-ortho nitro benzene ring substituents is 1. The molecule has 0 bridgehead atoms. The van der Waals surface area contributed by atoms with Gasteiger partial charge in [0.15, 0.2) is 12.7 Å². The van der Waals surface area contributed by atoms with Crippen LogP contribution in [0.3, 0.4) is 0 Å². The summed E-state index contributed by atoms with van der Waals surface area (Å²) >= 11 is 5.91. The van der Waals surface area contributed by atoms with Gasteiger partial charge < -0.3 is 14.8 Å². The van der Waals surface area contributed by atoms with E-state index >= 15 is 0 Å². The number of carbonyl (C=O) groups is 2. The highest BCUT2D eigenvalue weighted by molar-refractivity contribution is 6.33. The second kappa shape index (κ2) is 8.82. The Kier molecular flexibility index (Phi) is 6.51. The van der Waals surface area contributed by atoms with Crippen LogP contribution in [0.5, 0.6) is 5.75 Å². The third-order valence-electron chi connectivity index (χ3n) is 3.20. The van der Waals surface area contributed by atoms with Crippen molar-refractivity contribution in [2.45, 2.75) is 13.0 Å². The van der Waals surface area contributed by atoms with Crippen LogP contribution in [0, 0.1) is 10.1 Å². The number of amides is 1. The fourth-order valence-corrected chi connectivity index (χ4v) is 2.07. The minimum atomic E-state index is -1.14. The third kappa shape index (κ3) is 5.45. The lowest BCUT2D eigenvalue weighted by Crippen LogP contribution is -2.31. The number of anilines is 1. The number of nitrogens with zero attached hydrogens (tertiary/aromatic N) is 1. The normalized spacial score (nSPS) is 11.3. The first kappa shape index (κ1) is 19.2. The van der Waals surface area contributed by atoms with E-state index in [4.69, 9.17) is 21.1 Å². The number of hydrogen-bond donors (Lipinski definition) is 1. The molecule has 1 atom stereocenters. The maximum Gasteiger partial charge on any atom is 0.344 e. The average Bonchev–Trinajstić information content (AvgIpc) is 2.62. The zero-order valence-electron chi connectivity index (χ0n) is 13.7. The van der Waals surface area contributed by atoms with Gasteiger partial charge in [0.25, 0.3) is 11.6 Å². The molecule has 26 heavy (non-hydrogen) atoms. The molecule has 0 saturated carbocycles. The van der Waals surface area contributed by atoms with Crippen molar-refractivity contribution in [3.8, 4) is 5.75 Å². The van der Waals surface area contributed by atoms with Gasteiger partial charge in [0.1, 0.15) is 5.75 Å². The van der Waals surface area contributed by atoms with Gasteiger partial charge in [-0.15, -0.1) is 0 Å². The SMILES string of the molecule is CC(OC(=O)COc1ccccc1)C(=O)Nc1cc([N+](=O)[O-])ccc1Cl. The molecular formula is C17H15ClN2O6. The van der Waals surface area contributed by atoms with Crippen LogP contribution < -0.4 is 10.1 Å². The molecular weight excluding hydrogens is 364 g/mol. The average molecular weight is 379 g/mol. The highest BCUT2D eigenvalue weighted by Crippen LogP contribution is 2.26. The van der Waals surface area contributed by atoms with Crippen LogP contribution >= 0.6 is 11.6 Å². The van der Waals surface area contributed by atoms with Gasteiger partial charge in [0, 0.05) is 12.1 Å². The standard InChI is InChI=1S/C17H15ClN2O6/c1-11(26-16(21)10-25-13-5-3-2-4-6-13)17(22)19-15-9-12(20(23)24)7-8-14(15)18/h2-9,11H,10H2,1H3,(H,19,22). The first-order valence-electron chi connectivity index (χ1n) is 7.49. The molecule has 0 saturated heterocycles. The monoisotopic (exact) mass is 378 g/mol. The van der Waals surface area contributed by atoms with E-state index in [2.05, 4.69) is 5.32 Å². The Morgan fingerprint density at radius 3 is 2.58 bits per heavy atom. The van der Waals surface area contributed by atoms with Crippen molar-refractivity contribution >= 4 is 34.9 Å². The molecule has 8 nitrogen and oxygen atoms in total. The third-order valence-corrected chi connectivity index (χ3v) is 3.53. The number of ether oxygens (including phenoxy) is 2. The van der Waals surface area contributed by atoms with E-state index in [-0.39, 0.29) is 23.0 Å². The predicted molar refractivity (Wildman–Crippen MR) is 94.2 cm³/mol. The van der Waals surface area contributed by atoms with Crippen LogP contribution in [-0.2, 0) is 14.3 Å². The number of rotatable bonds is 7. The lowest BCUT2D eigenvalue weighted by Gasteiger charge is -2.14. The number of carbonyl (C=O) groups excluding carboxylic acids is 2. The molecule has 136 valence electrons. The van der Waals surface area contributed by atoms with Gasteiger partial charge in [-0.25, -0.2) is 4.79 Å². The van der Waals surface area contributed by atoms with Crippen molar-refractivity contribution in [2.75, 3.05) is 11.9 Å². The maximum absolute atomic E-state index is 12.1. The second-order valence-corrected chi connectivity index (χ2v) is 5.55. The van der Waals surface area contributed by atoms with Crippen LogP contribution in [-0.4, -0.2) is 29.5 Å². The predicted octanol–water partition coefficient (Wildman–Crippen LogP) is 3.20. The Labute approximate surface area is 153 Å². The van der Waals surface area contributed by atoms with Crippen molar-refractivity contribution in [1.29, 1.82) is 0 Å². The molecule has 0 aliphatic rings. The zero-order valence-corrected chi connectivity index (χ0v) is 14.4. The summed E-state index contributed by atoms with van der Waals surface area (Å²) < 4.78 is 10.2. The molecule has 2 rings (SSSR count). The van der Waals surface area contributed by atoms with E-state index in [1.807, 2.05) is 0 Å². The van der Waals surface area contributed by atoms with Crippen molar-refractivity contribution in [3.05, 3.63) is 63.7 Å². The number of hydrogen-bond acceptors (Lipinski definition) is 6. The summed E-state index contributed by atoms with van der Waals surface area (Å²) in [5, 5.41) is 13.3. The van der Waals surface area contributed by atoms with E-state index in [9.17, 15) is 19.7 Å².